The van der Waals surface area contributed by atoms with Gasteiger partial charge in [0.15, 0.2) is 57.5 Å². The molecule has 13 N–H and O–H groups in total. The molecular formula is C86H124N6O27. The van der Waals surface area contributed by atoms with Crippen molar-refractivity contribution in [3.05, 3.63) is 138 Å². The molecule has 5 aromatic carbocycles. The third-order valence-corrected chi connectivity index (χ3v) is 17.9. The van der Waals surface area contributed by atoms with Gasteiger partial charge in [-0.1, -0.05) is 36.4 Å². The summed E-state index contributed by atoms with van der Waals surface area (Å²) < 4.78 is 76.4. The minimum atomic E-state index is -1.26. The molecule has 5 aromatic rings. The van der Waals surface area contributed by atoms with E-state index in [0.29, 0.717) is 84.3 Å². The Morgan fingerprint density at radius 2 is 0.748 bits per heavy atom. The highest BCUT2D eigenvalue weighted by Gasteiger charge is 2.37. The van der Waals surface area contributed by atoms with Crippen LogP contribution in [-0.4, -0.2) is 276 Å². The van der Waals surface area contributed by atoms with Crippen molar-refractivity contribution in [1.82, 2.24) is 31.5 Å². The van der Waals surface area contributed by atoms with E-state index in [9.17, 15) is 69.6 Å². The van der Waals surface area contributed by atoms with Gasteiger partial charge in [0.05, 0.1) is 134 Å². The van der Waals surface area contributed by atoms with Crippen molar-refractivity contribution in [2.24, 2.45) is 5.41 Å². The first-order valence-electron chi connectivity index (χ1n) is 40.0. The molecule has 0 saturated carbocycles. The molecule has 0 saturated heterocycles. The second-order valence-electron chi connectivity index (χ2n) is 29.4. The third-order valence-electron chi connectivity index (χ3n) is 17.9. The molecule has 660 valence electrons. The van der Waals surface area contributed by atoms with Crippen LogP contribution in [0.15, 0.2) is 110 Å². The van der Waals surface area contributed by atoms with E-state index in [2.05, 4.69) is 39.7 Å². The van der Waals surface area contributed by atoms with Crippen molar-refractivity contribution in [1.29, 1.82) is 0 Å². The molecule has 0 aliphatic heterocycles. The molecule has 0 aromatic heterocycles. The number of unbranched alkanes of at least 4 members (excludes halogenated alkanes) is 1. The summed E-state index contributed by atoms with van der Waals surface area (Å²) in [5.74, 6) is -7.27. The largest absolute Gasteiger partial charge is 0.504 e. The number of phenols is 8. The molecule has 33 nitrogen and oxygen atoms in total. The van der Waals surface area contributed by atoms with Crippen LogP contribution in [0.25, 0.3) is 0 Å². The summed E-state index contributed by atoms with van der Waals surface area (Å²) in [6.07, 6.45) is 5.08. The molecule has 5 amide bonds. The lowest BCUT2D eigenvalue weighted by Gasteiger charge is -2.33. The zero-order valence-corrected chi connectivity index (χ0v) is 69.5. The quantitative estimate of drug-likeness (QED) is 0.00753. The van der Waals surface area contributed by atoms with Gasteiger partial charge in [0.25, 0.3) is 23.6 Å². The molecule has 1 atom stereocenters. The molecule has 0 spiro atoms. The van der Waals surface area contributed by atoms with Crippen molar-refractivity contribution in [3.8, 4) is 63.2 Å². The van der Waals surface area contributed by atoms with E-state index in [0.717, 1.165) is 0 Å². The predicted molar refractivity (Wildman–Crippen MR) is 441 cm³/mol. The number of phenolic OH excluding ortho intramolecular Hbond substituents is 8. The molecule has 0 bridgehead atoms. The number of ether oxygens (including phenoxy) is 13. The van der Waals surface area contributed by atoms with Gasteiger partial charge in [0.1, 0.15) is 32.5 Å². The van der Waals surface area contributed by atoms with Crippen LogP contribution in [0.5, 0.6) is 63.2 Å². The first-order valence-corrected chi connectivity index (χ1v) is 40.0. The molecule has 0 fully saturated rings. The van der Waals surface area contributed by atoms with Crippen LogP contribution in [0.1, 0.15) is 140 Å². The van der Waals surface area contributed by atoms with Gasteiger partial charge in [-0.15, -0.1) is 13.2 Å². The SMILES string of the molecule is C=CCN(CC=C)[C@@H](Cc1ccc(O)c(O)c1)C(=O)OCCOCCOc1c(OCCOCCOCCOCCOC(C)(C)C)cc(C(=O)NCCCCNC(=O)C(CCCNC(=O)c2cccc(O)c2O)(CCCNC(=O)c2cccc(O)c2O)CCCNC(=O)c2cccc(O)c2O)cc1OCCOCCOCCOCCOC(C)(C)C. The molecule has 0 radical (unpaired) electrons. The van der Waals surface area contributed by atoms with Gasteiger partial charge in [0, 0.05) is 56.8 Å². The number of nitrogens with zero attached hydrogens (tertiary/aromatic N) is 1. The Labute approximate surface area is 696 Å². The maximum absolute atomic E-state index is 15.0. The Bertz CT molecular complexity index is 3660. The van der Waals surface area contributed by atoms with Gasteiger partial charge in [-0.3, -0.25) is 33.7 Å². The summed E-state index contributed by atoms with van der Waals surface area (Å²) in [5, 5.41) is 96.0. The highest BCUT2D eigenvalue weighted by Crippen LogP contribution is 2.40. The fourth-order valence-corrected chi connectivity index (χ4v) is 11.9. The Hall–Kier alpha value is -10.2. The van der Waals surface area contributed by atoms with Gasteiger partial charge in [-0.05, 0) is 166 Å². The number of esters is 1. The molecule has 0 heterocycles. The molecule has 5 rings (SSSR count). The van der Waals surface area contributed by atoms with Crippen molar-refractivity contribution in [2.45, 2.75) is 117 Å². The topological polar surface area (TPSA) is 448 Å². The van der Waals surface area contributed by atoms with Crippen molar-refractivity contribution >= 4 is 35.5 Å². The number of benzene rings is 5. The summed E-state index contributed by atoms with van der Waals surface area (Å²) in [5.41, 5.74) is -1.68. The monoisotopic (exact) mass is 1670 g/mol. The first-order chi connectivity index (χ1) is 57.1. The Morgan fingerprint density at radius 3 is 1.13 bits per heavy atom. The average Bonchev–Trinajstić information content (AvgIpc) is 0.813. The number of rotatable bonds is 63. The smallest absolute Gasteiger partial charge is 0.323 e. The zero-order chi connectivity index (χ0) is 86.9. The van der Waals surface area contributed by atoms with Gasteiger partial charge in [0.2, 0.25) is 11.7 Å². The summed E-state index contributed by atoms with van der Waals surface area (Å²) >= 11 is 0. The Morgan fingerprint density at radius 1 is 0.395 bits per heavy atom. The van der Waals surface area contributed by atoms with Crippen LogP contribution in [0.2, 0.25) is 0 Å². The number of carbonyl (C=O) groups is 6. The zero-order valence-electron chi connectivity index (χ0n) is 69.5. The van der Waals surface area contributed by atoms with Crippen LogP contribution in [-0.2, 0) is 63.4 Å². The summed E-state index contributed by atoms with van der Waals surface area (Å²) in [6.45, 7) is 24.2. The molecule has 0 aliphatic rings. The van der Waals surface area contributed by atoms with E-state index in [1.165, 1.54) is 78.9 Å². The number of hydrogen-bond donors (Lipinski definition) is 13. The standard InChI is InChI=1S/C86H124N6O27/c1-9-35-92(36-10-2)66(57-61-25-26-67(93)71(97)58-61)82(105)117-54-48-113-47-53-116-77-72(114-51-45-109-41-37-107-39-43-111-49-55-118-84(3,4)5)59-62(60-73(77)115-52-46-110-42-38-108-40-44-112-50-56-119-85(6,7)8)78(101)87-30-11-12-31-91-83(106)86(27-16-32-88-79(102)63-19-13-22-68(94)74(63)98,28-17-33-89-80(103)64-20-14-23-69(95)75(64)99)29-18-34-90-81(104)65-21-15-24-70(96)76(65)100/h9-10,13-15,19-26,58-60,66,93-100H,1-2,11-12,16-18,27-57H2,3-8H3,(H,87,101)(H,88,102)(H,89,103)(H,90,104)(H,91,106)/t66-/m0/s1. The number of carbonyl (C=O) groups excluding carboxylic acids is 6. The maximum atomic E-state index is 15.0. The summed E-state index contributed by atoms with van der Waals surface area (Å²) in [7, 11) is 0. The fourth-order valence-electron chi connectivity index (χ4n) is 11.9. The van der Waals surface area contributed by atoms with Crippen LogP contribution in [0.4, 0.5) is 0 Å². The highest BCUT2D eigenvalue weighted by atomic mass is 16.6. The number of hydrogen-bond acceptors (Lipinski definition) is 28. The van der Waals surface area contributed by atoms with E-state index >= 15 is 0 Å². The Balaban J connectivity index is 1.33. The lowest BCUT2D eigenvalue weighted by atomic mass is 9.74. The number of amides is 5. The molecule has 119 heavy (non-hydrogen) atoms. The highest BCUT2D eigenvalue weighted by molar-refractivity contribution is 5.99. The number of aromatic hydroxyl groups is 8. The fraction of sp³-hybridized carbons (Fsp3) is 0.535. The molecule has 0 unspecified atom stereocenters. The molecular weight excluding hydrogens is 1550 g/mol. The van der Waals surface area contributed by atoms with E-state index < -0.39 is 81.5 Å². The van der Waals surface area contributed by atoms with Crippen molar-refractivity contribution in [2.75, 3.05) is 178 Å². The average molecular weight is 1670 g/mol. The van der Waals surface area contributed by atoms with Gasteiger partial charge < -0.3 is 129 Å². The van der Waals surface area contributed by atoms with Crippen LogP contribution in [0, 0.1) is 5.41 Å². The summed E-state index contributed by atoms with van der Waals surface area (Å²) in [4.78, 5) is 84.7. The number of nitrogens with one attached hydrogen (secondary N) is 5. The van der Waals surface area contributed by atoms with Gasteiger partial charge >= 0.3 is 5.97 Å². The second-order valence-corrected chi connectivity index (χ2v) is 29.4. The van der Waals surface area contributed by atoms with Gasteiger partial charge in [-0.25, -0.2) is 0 Å². The van der Waals surface area contributed by atoms with Crippen LogP contribution < -0.4 is 40.8 Å². The minimum Gasteiger partial charge on any atom is -0.504 e. The van der Waals surface area contributed by atoms with Gasteiger partial charge in [-0.2, -0.15) is 0 Å². The van der Waals surface area contributed by atoms with Crippen LogP contribution in [0.3, 0.4) is 0 Å². The van der Waals surface area contributed by atoms with E-state index in [-0.39, 0.29) is 219 Å². The number of para-hydroxylation sites is 3. The molecule has 33 heteroatoms. The predicted octanol–water partition coefficient (Wildman–Crippen LogP) is 8.29. The van der Waals surface area contributed by atoms with Crippen molar-refractivity contribution in [3.63, 3.8) is 0 Å². The maximum Gasteiger partial charge on any atom is 0.323 e. The van der Waals surface area contributed by atoms with E-state index in [1.807, 2.05) is 41.5 Å². The van der Waals surface area contributed by atoms with E-state index in [4.69, 9.17) is 61.6 Å². The lowest BCUT2D eigenvalue weighted by Crippen LogP contribution is -2.44. The summed E-state index contributed by atoms with van der Waals surface area (Å²) in [6, 6.07) is 18.3. The van der Waals surface area contributed by atoms with E-state index in [1.54, 1.807) is 23.1 Å². The first kappa shape index (κ1) is 99.4. The Kier molecular flexibility index (Phi) is 45.8. The van der Waals surface area contributed by atoms with Crippen LogP contribution >= 0.6 is 0 Å². The lowest BCUT2D eigenvalue weighted by molar-refractivity contribution is -0.151. The van der Waals surface area contributed by atoms with Crippen molar-refractivity contribution < 1.29 is 131 Å². The normalized spacial score (nSPS) is 11.9. The third kappa shape index (κ3) is 38.2. The second kappa shape index (κ2) is 54.8. The minimum absolute atomic E-state index is 0.00117. The molecule has 0 aliphatic carbocycles.